The van der Waals surface area contributed by atoms with Crippen molar-refractivity contribution in [3.8, 4) is 0 Å². The molecule has 24 heavy (non-hydrogen) atoms. The average Bonchev–Trinajstić information content (AvgIpc) is 3.30. The van der Waals surface area contributed by atoms with Gasteiger partial charge in [-0.3, -0.25) is 15.0 Å². The summed E-state index contributed by atoms with van der Waals surface area (Å²) in [5, 5.41) is 0. The summed E-state index contributed by atoms with van der Waals surface area (Å²) in [5.41, 5.74) is 8.17. The zero-order chi connectivity index (χ0) is 15.9. The molecule has 3 nitrogen and oxygen atoms in total. The van der Waals surface area contributed by atoms with Crippen LogP contribution in [-0.4, -0.2) is 15.0 Å². The van der Waals surface area contributed by atoms with E-state index < -0.39 is 0 Å². The number of hydrogen-bond donors (Lipinski definition) is 0. The lowest BCUT2D eigenvalue weighted by molar-refractivity contribution is 0.693. The molecule has 2 heterocycles. The van der Waals surface area contributed by atoms with Gasteiger partial charge in [0.05, 0.1) is 16.7 Å². The van der Waals surface area contributed by atoms with E-state index in [-0.39, 0.29) is 0 Å². The predicted molar refractivity (Wildman–Crippen MR) is 95.8 cm³/mol. The Bertz CT molecular complexity index is 952. The molecule has 2 aromatic heterocycles. The minimum atomic E-state index is 0.676. The Hall–Kier alpha value is -2.55. The van der Waals surface area contributed by atoms with Crippen molar-refractivity contribution in [1.82, 2.24) is 15.0 Å². The Balaban J connectivity index is 1.52. The molecule has 0 atom stereocenters. The van der Waals surface area contributed by atoms with E-state index in [1.54, 1.807) is 12.4 Å². The van der Waals surface area contributed by atoms with Gasteiger partial charge in [0.1, 0.15) is 0 Å². The van der Waals surface area contributed by atoms with Crippen molar-refractivity contribution in [1.29, 1.82) is 0 Å². The third kappa shape index (κ3) is 2.23. The summed E-state index contributed by atoms with van der Waals surface area (Å²) in [6.07, 6.45) is 12.0. The molecule has 2 aliphatic rings. The summed E-state index contributed by atoms with van der Waals surface area (Å²) in [6.45, 7) is 0. The van der Waals surface area contributed by atoms with Crippen LogP contribution < -0.4 is 0 Å². The monoisotopic (exact) mass is 313 g/mol. The molecule has 3 heteroatoms. The van der Waals surface area contributed by atoms with Gasteiger partial charge in [-0.2, -0.15) is 0 Å². The molecule has 118 valence electrons. The van der Waals surface area contributed by atoms with Gasteiger partial charge in [0, 0.05) is 36.0 Å². The van der Waals surface area contributed by atoms with Gasteiger partial charge in [-0.25, -0.2) is 0 Å². The highest BCUT2D eigenvalue weighted by Gasteiger charge is 2.22. The van der Waals surface area contributed by atoms with Crippen LogP contribution in [0.1, 0.15) is 54.1 Å². The van der Waals surface area contributed by atoms with Crippen molar-refractivity contribution in [2.45, 2.75) is 38.0 Å². The fraction of sp³-hybridized carbons (Fsp3) is 0.286. The molecule has 3 aromatic rings. The maximum atomic E-state index is 4.99. The summed E-state index contributed by atoms with van der Waals surface area (Å²) in [7, 11) is 0. The molecule has 0 bridgehead atoms. The number of pyridine rings is 1. The Morgan fingerprint density at radius 3 is 2.58 bits per heavy atom. The molecule has 0 unspecified atom stereocenters. The first-order valence-corrected chi connectivity index (χ1v) is 8.80. The van der Waals surface area contributed by atoms with E-state index in [1.165, 1.54) is 53.8 Å². The smallest absolute Gasteiger partial charge is 0.0892 e. The molecular formula is C21H19N3. The van der Waals surface area contributed by atoms with Crippen LogP contribution in [0.15, 0.2) is 48.8 Å². The maximum absolute atomic E-state index is 4.99. The van der Waals surface area contributed by atoms with Crippen LogP contribution in [0, 0.1) is 0 Å². The molecule has 2 aliphatic carbocycles. The predicted octanol–water partition coefficient (Wildman–Crippen LogP) is 4.67. The molecule has 0 radical (unpaired) electrons. The number of allylic oxidation sites excluding steroid dienone is 1. The lowest BCUT2D eigenvalue weighted by Gasteiger charge is -2.12. The topological polar surface area (TPSA) is 38.7 Å². The summed E-state index contributed by atoms with van der Waals surface area (Å²) >= 11 is 0. The van der Waals surface area contributed by atoms with Crippen LogP contribution >= 0.6 is 0 Å². The number of fused-ring (bicyclic) bond motifs is 2. The molecule has 1 aromatic carbocycles. The summed E-state index contributed by atoms with van der Waals surface area (Å²) in [6, 6.07) is 10.8. The molecule has 0 spiro atoms. The molecule has 0 amide bonds. The second kappa shape index (κ2) is 5.52. The van der Waals surface area contributed by atoms with Crippen LogP contribution in [0.3, 0.4) is 0 Å². The van der Waals surface area contributed by atoms with Gasteiger partial charge >= 0.3 is 0 Å². The first-order chi connectivity index (χ1) is 11.9. The van der Waals surface area contributed by atoms with Crippen molar-refractivity contribution in [2.75, 3.05) is 0 Å². The van der Waals surface area contributed by atoms with E-state index >= 15 is 0 Å². The quantitative estimate of drug-likeness (QED) is 0.690. The minimum Gasteiger partial charge on any atom is -0.257 e. The number of aromatic nitrogens is 3. The minimum absolute atomic E-state index is 0.676. The highest BCUT2D eigenvalue weighted by atomic mass is 14.8. The Labute approximate surface area is 141 Å². The van der Waals surface area contributed by atoms with Crippen molar-refractivity contribution >= 4 is 16.6 Å². The second-order valence-corrected chi connectivity index (χ2v) is 6.79. The fourth-order valence-corrected chi connectivity index (χ4v) is 4.08. The molecule has 1 fully saturated rings. The van der Waals surface area contributed by atoms with E-state index in [4.69, 9.17) is 4.98 Å². The molecular weight excluding hydrogens is 294 g/mol. The first-order valence-electron chi connectivity index (χ1n) is 8.80. The summed E-state index contributed by atoms with van der Waals surface area (Å²) in [5.74, 6) is 0.676. The molecule has 1 saturated carbocycles. The maximum Gasteiger partial charge on any atom is 0.0892 e. The van der Waals surface area contributed by atoms with Gasteiger partial charge in [0.2, 0.25) is 0 Å². The fourth-order valence-electron chi connectivity index (χ4n) is 4.08. The number of benzene rings is 1. The molecule has 0 N–H and O–H groups in total. The first kappa shape index (κ1) is 13.8. The van der Waals surface area contributed by atoms with E-state index in [9.17, 15) is 0 Å². The highest BCUT2D eigenvalue weighted by molar-refractivity contribution is 5.88. The van der Waals surface area contributed by atoms with Crippen LogP contribution in [0.2, 0.25) is 0 Å². The lowest BCUT2D eigenvalue weighted by Crippen LogP contribution is -2.00. The number of hydrogen-bond acceptors (Lipinski definition) is 3. The third-order valence-corrected chi connectivity index (χ3v) is 5.34. The van der Waals surface area contributed by atoms with Gasteiger partial charge < -0.3 is 0 Å². The van der Waals surface area contributed by atoms with E-state index in [0.717, 1.165) is 17.5 Å². The normalized spacial score (nSPS) is 17.2. The van der Waals surface area contributed by atoms with Crippen LogP contribution in [0.5, 0.6) is 0 Å². The van der Waals surface area contributed by atoms with Gasteiger partial charge in [-0.05, 0) is 42.2 Å². The Morgan fingerprint density at radius 1 is 0.875 bits per heavy atom. The lowest BCUT2D eigenvalue weighted by atomic mass is 9.98. The van der Waals surface area contributed by atoms with E-state index in [2.05, 4.69) is 46.4 Å². The van der Waals surface area contributed by atoms with Gasteiger partial charge in [-0.15, -0.1) is 0 Å². The summed E-state index contributed by atoms with van der Waals surface area (Å²) in [4.78, 5) is 13.8. The van der Waals surface area contributed by atoms with Gasteiger partial charge in [-0.1, -0.05) is 31.1 Å². The average molecular weight is 313 g/mol. The number of rotatable bonds is 2. The van der Waals surface area contributed by atoms with Crippen LogP contribution in [-0.2, 0) is 6.42 Å². The van der Waals surface area contributed by atoms with Crippen LogP contribution in [0.4, 0.5) is 0 Å². The zero-order valence-electron chi connectivity index (χ0n) is 13.6. The van der Waals surface area contributed by atoms with E-state index in [1.807, 2.05) is 0 Å². The van der Waals surface area contributed by atoms with Crippen molar-refractivity contribution in [2.24, 2.45) is 0 Å². The zero-order valence-corrected chi connectivity index (χ0v) is 13.6. The SMILES string of the molecule is C1=C(c2ccc3nccnc3c2)c2ccc(C3CCCC3)nc2C1. The largest absolute Gasteiger partial charge is 0.257 e. The third-order valence-electron chi connectivity index (χ3n) is 5.34. The highest BCUT2D eigenvalue weighted by Crippen LogP contribution is 2.37. The van der Waals surface area contributed by atoms with Crippen LogP contribution in [0.25, 0.3) is 16.6 Å². The summed E-state index contributed by atoms with van der Waals surface area (Å²) < 4.78 is 0. The standard InChI is InChI=1S/C21H19N3/c1-2-4-14(3-1)18-9-7-17-16(6-10-19(17)24-18)15-5-8-20-21(13-15)23-12-11-22-20/h5-9,11-14H,1-4,10H2. The van der Waals surface area contributed by atoms with Gasteiger partial charge in [0.25, 0.3) is 0 Å². The van der Waals surface area contributed by atoms with Gasteiger partial charge in [0.15, 0.2) is 0 Å². The Kier molecular flexibility index (Phi) is 3.18. The van der Waals surface area contributed by atoms with Crippen molar-refractivity contribution in [3.63, 3.8) is 0 Å². The van der Waals surface area contributed by atoms with Crippen molar-refractivity contribution < 1.29 is 0 Å². The molecule has 0 aliphatic heterocycles. The van der Waals surface area contributed by atoms with E-state index in [0.29, 0.717) is 5.92 Å². The second-order valence-electron chi connectivity index (χ2n) is 6.79. The molecule has 0 saturated heterocycles. The Morgan fingerprint density at radius 2 is 1.71 bits per heavy atom. The van der Waals surface area contributed by atoms with Crippen molar-refractivity contribution in [3.05, 3.63) is 71.3 Å². The molecule has 5 rings (SSSR count). The number of nitrogens with zero attached hydrogens (tertiary/aromatic N) is 3.